The van der Waals surface area contributed by atoms with Gasteiger partial charge in [0.25, 0.3) is 0 Å². The van der Waals surface area contributed by atoms with Crippen molar-refractivity contribution in [2.75, 3.05) is 0 Å². The monoisotopic (exact) mass is 404 g/mol. The van der Waals surface area contributed by atoms with Crippen molar-refractivity contribution in [3.63, 3.8) is 0 Å². The Kier molecular flexibility index (Phi) is 4.47. The molecule has 0 fully saturated rings. The molecule has 0 saturated heterocycles. The molecule has 4 heteroatoms. The molecule has 74 valence electrons. The van der Waals surface area contributed by atoms with Gasteiger partial charge in [0, 0.05) is 6.04 Å². The lowest BCUT2D eigenvalue weighted by molar-refractivity contribution is 0.422. The highest BCUT2D eigenvalue weighted by molar-refractivity contribution is 14.1. The maximum atomic E-state index is 4.29. The summed E-state index contributed by atoms with van der Waals surface area (Å²) < 4.78 is 4.61. The predicted molar refractivity (Wildman–Crippen MR) is 71.8 cm³/mol. The van der Waals surface area contributed by atoms with Crippen LogP contribution in [-0.4, -0.2) is 9.55 Å². The van der Waals surface area contributed by atoms with Gasteiger partial charge in [-0.15, -0.1) is 0 Å². The summed E-state index contributed by atoms with van der Waals surface area (Å²) in [6.07, 6.45) is 3.15. The van der Waals surface area contributed by atoms with E-state index in [1.807, 2.05) is 6.33 Å². The Hall–Kier alpha value is 0.670. The first-order chi connectivity index (χ1) is 6.02. The Morgan fingerprint density at radius 2 is 2.00 bits per heavy atom. The molecule has 0 bridgehead atoms. The molecule has 1 heterocycles. The second-order valence-corrected chi connectivity index (χ2v) is 5.76. The minimum absolute atomic E-state index is 0.558. The molecule has 1 atom stereocenters. The van der Waals surface area contributed by atoms with Gasteiger partial charge in [-0.3, -0.25) is 0 Å². The first-order valence-electron chi connectivity index (χ1n) is 4.40. The van der Waals surface area contributed by atoms with Gasteiger partial charge in [-0.05, 0) is 64.4 Å². The van der Waals surface area contributed by atoms with Crippen LogP contribution in [0.4, 0.5) is 0 Å². The van der Waals surface area contributed by atoms with Gasteiger partial charge < -0.3 is 4.57 Å². The molecule has 1 aromatic heterocycles. The Bertz CT molecular complexity index is 281. The van der Waals surface area contributed by atoms with Crippen molar-refractivity contribution in [2.24, 2.45) is 5.92 Å². The minimum atomic E-state index is 0.558. The fourth-order valence-electron chi connectivity index (χ4n) is 1.43. The minimum Gasteiger partial charge on any atom is -0.322 e. The second-order valence-electron chi connectivity index (χ2n) is 3.71. The number of hydrogen-bond donors (Lipinski definition) is 0. The van der Waals surface area contributed by atoms with E-state index in [-0.39, 0.29) is 0 Å². The van der Waals surface area contributed by atoms with E-state index in [4.69, 9.17) is 0 Å². The third kappa shape index (κ3) is 3.07. The Morgan fingerprint density at radius 1 is 1.38 bits per heavy atom. The zero-order chi connectivity index (χ0) is 10.0. The summed E-state index contributed by atoms with van der Waals surface area (Å²) in [6.45, 7) is 6.76. The number of halogens is 2. The number of imidazole rings is 1. The van der Waals surface area contributed by atoms with Crippen LogP contribution in [-0.2, 0) is 0 Å². The van der Waals surface area contributed by atoms with Gasteiger partial charge >= 0.3 is 0 Å². The van der Waals surface area contributed by atoms with Gasteiger partial charge in [-0.2, -0.15) is 0 Å². The van der Waals surface area contributed by atoms with Gasteiger partial charge in [0.2, 0.25) is 0 Å². The van der Waals surface area contributed by atoms with Crippen molar-refractivity contribution >= 4 is 45.2 Å². The molecule has 13 heavy (non-hydrogen) atoms. The average Bonchev–Trinajstić information content (AvgIpc) is 2.31. The van der Waals surface area contributed by atoms with Crippen LogP contribution in [0.3, 0.4) is 0 Å². The van der Waals surface area contributed by atoms with E-state index in [9.17, 15) is 0 Å². The highest BCUT2D eigenvalue weighted by Crippen LogP contribution is 2.22. The van der Waals surface area contributed by atoms with E-state index in [1.54, 1.807) is 0 Å². The van der Waals surface area contributed by atoms with Crippen molar-refractivity contribution in [3.8, 4) is 0 Å². The predicted octanol–water partition coefficient (Wildman–Crippen LogP) is 3.70. The summed E-state index contributed by atoms with van der Waals surface area (Å²) in [4.78, 5) is 4.29. The molecular formula is C9H14I2N2. The summed E-state index contributed by atoms with van der Waals surface area (Å²) in [5.41, 5.74) is 0. The molecule has 2 nitrogen and oxygen atoms in total. The van der Waals surface area contributed by atoms with E-state index in [2.05, 4.69) is 75.5 Å². The van der Waals surface area contributed by atoms with Crippen LogP contribution in [0.5, 0.6) is 0 Å². The lowest BCUT2D eigenvalue weighted by Gasteiger charge is -2.16. The molecule has 0 saturated carbocycles. The molecule has 0 aliphatic heterocycles. The van der Waals surface area contributed by atoms with Crippen molar-refractivity contribution in [1.82, 2.24) is 9.55 Å². The summed E-state index contributed by atoms with van der Waals surface area (Å²) in [6, 6.07) is 0.558. The van der Waals surface area contributed by atoms with E-state index < -0.39 is 0 Å². The smallest absolute Gasteiger partial charge is 0.132 e. The van der Waals surface area contributed by atoms with Crippen molar-refractivity contribution in [3.05, 3.63) is 13.7 Å². The third-order valence-corrected chi connectivity index (χ3v) is 4.87. The van der Waals surface area contributed by atoms with Gasteiger partial charge in [0.1, 0.15) is 7.40 Å². The zero-order valence-corrected chi connectivity index (χ0v) is 12.4. The van der Waals surface area contributed by atoms with Crippen LogP contribution in [0.15, 0.2) is 6.33 Å². The van der Waals surface area contributed by atoms with E-state index in [1.165, 1.54) is 10.1 Å². The van der Waals surface area contributed by atoms with Gasteiger partial charge in [-0.25, -0.2) is 4.98 Å². The highest BCUT2D eigenvalue weighted by atomic mass is 127. The fraction of sp³-hybridized carbons (Fsp3) is 0.667. The van der Waals surface area contributed by atoms with Crippen LogP contribution >= 0.6 is 45.2 Å². The first kappa shape index (κ1) is 11.7. The molecule has 1 aromatic rings. The summed E-state index contributed by atoms with van der Waals surface area (Å²) in [5, 5.41) is 0. The van der Waals surface area contributed by atoms with Gasteiger partial charge in [-0.1, -0.05) is 13.8 Å². The normalized spacial score (nSPS) is 13.7. The average molecular weight is 404 g/mol. The number of aromatic nitrogens is 2. The maximum Gasteiger partial charge on any atom is 0.132 e. The molecule has 0 amide bonds. The van der Waals surface area contributed by atoms with Crippen LogP contribution in [0.1, 0.15) is 33.2 Å². The molecule has 0 aliphatic rings. The Labute approximate surface area is 107 Å². The molecule has 0 aliphatic carbocycles. The molecule has 1 unspecified atom stereocenters. The van der Waals surface area contributed by atoms with Crippen molar-refractivity contribution < 1.29 is 0 Å². The molecule has 0 N–H and O–H groups in total. The molecule has 0 spiro atoms. The Morgan fingerprint density at radius 3 is 2.38 bits per heavy atom. The topological polar surface area (TPSA) is 17.8 Å². The Balaban J connectivity index is 2.76. The van der Waals surface area contributed by atoms with E-state index in [0.29, 0.717) is 6.04 Å². The zero-order valence-electron chi connectivity index (χ0n) is 8.09. The molecule has 0 radical (unpaired) electrons. The van der Waals surface area contributed by atoms with Crippen LogP contribution < -0.4 is 0 Å². The quantitative estimate of drug-likeness (QED) is 0.703. The lowest BCUT2D eigenvalue weighted by Crippen LogP contribution is -2.08. The van der Waals surface area contributed by atoms with Crippen LogP contribution in [0, 0.1) is 13.3 Å². The van der Waals surface area contributed by atoms with E-state index >= 15 is 0 Å². The largest absolute Gasteiger partial charge is 0.322 e. The van der Waals surface area contributed by atoms with E-state index in [0.717, 1.165) is 9.62 Å². The molecule has 1 rings (SSSR count). The van der Waals surface area contributed by atoms with Gasteiger partial charge in [0.05, 0.1) is 6.33 Å². The van der Waals surface area contributed by atoms with Crippen molar-refractivity contribution in [2.45, 2.75) is 33.2 Å². The second kappa shape index (κ2) is 4.95. The lowest BCUT2D eigenvalue weighted by atomic mass is 10.1. The van der Waals surface area contributed by atoms with Crippen LogP contribution in [0.2, 0.25) is 0 Å². The summed E-state index contributed by atoms with van der Waals surface area (Å²) >= 11 is 4.63. The SMILES string of the molecule is CC(C)CC(C)n1cnc(I)c1I. The number of hydrogen-bond acceptors (Lipinski definition) is 1. The summed E-state index contributed by atoms with van der Waals surface area (Å²) in [7, 11) is 0. The highest BCUT2D eigenvalue weighted by Gasteiger charge is 2.12. The van der Waals surface area contributed by atoms with Crippen molar-refractivity contribution in [1.29, 1.82) is 0 Å². The molecule has 0 aromatic carbocycles. The molecular weight excluding hydrogens is 390 g/mol. The standard InChI is InChI=1S/C9H14I2N2/c1-6(2)4-7(3)13-5-12-8(10)9(13)11/h5-7H,4H2,1-3H3. The first-order valence-corrected chi connectivity index (χ1v) is 6.56. The summed E-state index contributed by atoms with van der Waals surface area (Å²) in [5.74, 6) is 0.742. The van der Waals surface area contributed by atoms with Gasteiger partial charge in [0.15, 0.2) is 0 Å². The number of nitrogens with zero attached hydrogens (tertiary/aromatic N) is 2. The number of rotatable bonds is 3. The maximum absolute atomic E-state index is 4.29. The van der Waals surface area contributed by atoms with Crippen LogP contribution in [0.25, 0.3) is 0 Å². The third-order valence-electron chi connectivity index (χ3n) is 1.98. The fourth-order valence-corrected chi connectivity index (χ4v) is 2.57.